The van der Waals surface area contributed by atoms with Gasteiger partial charge in [-0.25, -0.2) is 0 Å². The van der Waals surface area contributed by atoms with Gasteiger partial charge in [0.2, 0.25) is 0 Å². The summed E-state index contributed by atoms with van der Waals surface area (Å²) in [4.78, 5) is 4.05. The minimum atomic E-state index is -1.34. The van der Waals surface area contributed by atoms with E-state index in [2.05, 4.69) is 11.6 Å². The average Bonchev–Trinajstić information content (AvgIpc) is 2.38. The quantitative estimate of drug-likeness (QED) is 0.218. The Hall–Kier alpha value is -0.440. The molecule has 0 aromatic carbocycles. The van der Waals surface area contributed by atoms with E-state index < -0.39 is 36.5 Å². The fourth-order valence-corrected chi connectivity index (χ4v) is 2.34. The Bertz CT molecular complexity index is 287. The lowest BCUT2D eigenvalue weighted by Gasteiger charge is -2.39. The molecule has 0 aliphatic carbocycles. The molecule has 0 aromatic rings. The van der Waals surface area contributed by atoms with E-state index in [9.17, 15) is 15.3 Å². The molecule has 1 fully saturated rings. The standard InChI is InChI=1S/C11H19NO5S/c1-2-3-4-12-6-18-11-10(16)9(15)8(14)7(5-13)17-11/h2,6-11,13-16H,1,3-5H2/t7-,8-,9+,10-,11+/m1/s1. The highest BCUT2D eigenvalue weighted by Crippen LogP contribution is 2.27. The lowest BCUT2D eigenvalue weighted by atomic mass is 10.0. The van der Waals surface area contributed by atoms with E-state index in [4.69, 9.17) is 9.84 Å². The average molecular weight is 277 g/mol. The van der Waals surface area contributed by atoms with Gasteiger partial charge in [-0.15, -0.1) is 6.58 Å². The summed E-state index contributed by atoms with van der Waals surface area (Å²) in [5.41, 5.74) is 0.768. The molecule has 0 radical (unpaired) electrons. The molecule has 18 heavy (non-hydrogen) atoms. The molecule has 1 heterocycles. The molecule has 1 aliphatic heterocycles. The normalized spacial score (nSPS) is 37.0. The van der Waals surface area contributed by atoms with E-state index in [-0.39, 0.29) is 0 Å². The van der Waals surface area contributed by atoms with Crippen molar-refractivity contribution in [2.45, 2.75) is 36.3 Å². The molecule has 0 amide bonds. The summed E-state index contributed by atoms with van der Waals surface area (Å²) in [6.45, 7) is 3.74. The molecule has 1 aliphatic rings. The van der Waals surface area contributed by atoms with Gasteiger partial charge in [-0.05, 0) is 6.42 Å². The molecular formula is C11H19NO5S. The molecule has 1 saturated heterocycles. The second kappa shape index (κ2) is 7.88. The van der Waals surface area contributed by atoms with Crippen molar-refractivity contribution >= 4 is 17.3 Å². The largest absolute Gasteiger partial charge is 0.394 e. The molecule has 1 rings (SSSR count). The van der Waals surface area contributed by atoms with Gasteiger partial charge in [-0.2, -0.15) is 0 Å². The van der Waals surface area contributed by atoms with Crippen LogP contribution in [0.15, 0.2) is 17.6 Å². The minimum Gasteiger partial charge on any atom is -0.394 e. The lowest BCUT2D eigenvalue weighted by molar-refractivity contribution is -0.205. The molecule has 4 N–H and O–H groups in total. The van der Waals surface area contributed by atoms with Crippen LogP contribution in [0.4, 0.5) is 0 Å². The van der Waals surface area contributed by atoms with Crippen LogP contribution < -0.4 is 0 Å². The monoisotopic (exact) mass is 277 g/mol. The number of aliphatic imine (C=N–C) groups is 1. The van der Waals surface area contributed by atoms with Crippen LogP contribution in [0, 0.1) is 0 Å². The van der Waals surface area contributed by atoms with Crippen molar-refractivity contribution in [3.8, 4) is 0 Å². The molecule has 5 atom stereocenters. The molecule has 0 saturated carbocycles. The van der Waals surface area contributed by atoms with Gasteiger partial charge >= 0.3 is 0 Å². The van der Waals surface area contributed by atoms with E-state index in [0.29, 0.717) is 6.54 Å². The summed E-state index contributed by atoms with van der Waals surface area (Å²) in [5.74, 6) is 0. The SMILES string of the molecule is C=CCCN=CS[C@@H]1O[C@H](CO)[C@@H](O)[C@H](O)[C@H]1O. The highest BCUT2D eigenvalue weighted by Gasteiger charge is 2.43. The maximum atomic E-state index is 9.71. The van der Waals surface area contributed by atoms with E-state index in [0.717, 1.165) is 18.2 Å². The van der Waals surface area contributed by atoms with Crippen molar-refractivity contribution in [3.63, 3.8) is 0 Å². The van der Waals surface area contributed by atoms with Gasteiger partial charge in [0.1, 0.15) is 29.9 Å². The molecule has 7 heteroatoms. The van der Waals surface area contributed by atoms with Crippen molar-refractivity contribution in [3.05, 3.63) is 12.7 Å². The molecule has 6 nitrogen and oxygen atoms in total. The lowest BCUT2D eigenvalue weighted by Crippen LogP contribution is -2.57. The molecule has 0 unspecified atom stereocenters. The first-order valence-corrected chi connectivity index (χ1v) is 6.61. The van der Waals surface area contributed by atoms with Gasteiger partial charge in [0.15, 0.2) is 0 Å². The second-order valence-corrected chi connectivity index (χ2v) is 4.87. The van der Waals surface area contributed by atoms with Crippen LogP contribution in [0.3, 0.4) is 0 Å². The minimum absolute atomic E-state index is 0.421. The van der Waals surface area contributed by atoms with Crippen LogP contribution in [-0.2, 0) is 4.74 Å². The molecule has 0 aromatic heterocycles. The summed E-state index contributed by atoms with van der Waals surface area (Å²) in [7, 11) is 0. The van der Waals surface area contributed by atoms with E-state index in [1.165, 1.54) is 5.55 Å². The fourth-order valence-electron chi connectivity index (χ4n) is 1.50. The summed E-state index contributed by atoms with van der Waals surface area (Å²) in [5, 5.41) is 37.8. The smallest absolute Gasteiger partial charge is 0.137 e. The van der Waals surface area contributed by atoms with Crippen LogP contribution in [0.25, 0.3) is 0 Å². The third-order valence-electron chi connectivity index (χ3n) is 2.58. The van der Waals surface area contributed by atoms with Crippen LogP contribution >= 0.6 is 11.8 Å². The zero-order valence-corrected chi connectivity index (χ0v) is 10.7. The first kappa shape index (κ1) is 15.6. The number of hydrogen-bond acceptors (Lipinski definition) is 7. The van der Waals surface area contributed by atoms with Gasteiger partial charge in [0.25, 0.3) is 0 Å². The van der Waals surface area contributed by atoms with Crippen molar-refractivity contribution in [1.82, 2.24) is 0 Å². The van der Waals surface area contributed by atoms with Crippen molar-refractivity contribution < 1.29 is 25.2 Å². The Morgan fingerprint density at radius 2 is 1.94 bits per heavy atom. The molecule has 0 bridgehead atoms. The number of thioether (sulfide) groups is 1. The second-order valence-electron chi connectivity index (χ2n) is 3.92. The predicted molar refractivity (Wildman–Crippen MR) is 69.5 cm³/mol. The summed E-state index contributed by atoms with van der Waals surface area (Å²) in [6.07, 6.45) is -2.25. The number of aliphatic hydroxyl groups is 4. The van der Waals surface area contributed by atoms with Crippen molar-refractivity contribution in [2.24, 2.45) is 4.99 Å². The number of hydrogen-bond donors (Lipinski definition) is 4. The van der Waals surface area contributed by atoms with Crippen LogP contribution in [-0.4, -0.2) is 69.0 Å². The molecule has 0 spiro atoms. The number of ether oxygens (including phenoxy) is 1. The Balaban J connectivity index is 2.48. The Kier molecular flexibility index (Phi) is 6.83. The Morgan fingerprint density at radius 3 is 2.56 bits per heavy atom. The van der Waals surface area contributed by atoms with E-state index in [1.54, 1.807) is 6.08 Å². The molecule has 104 valence electrons. The van der Waals surface area contributed by atoms with Gasteiger partial charge < -0.3 is 25.2 Å². The maximum Gasteiger partial charge on any atom is 0.137 e. The third kappa shape index (κ3) is 4.04. The number of nitrogens with zero attached hydrogens (tertiary/aromatic N) is 1. The zero-order valence-electron chi connectivity index (χ0n) is 9.92. The zero-order chi connectivity index (χ0) is 13.5. The van der Waals surface area contributed by atoms with Crippen molar-refractivity contribution in [1.29, 1.82) is 0 Å². The summed E-state index contributed by atoms with van der Waals surface area (Å²) >= 11 is 1.10. The molecular weight excluding hydrogens is 258 g/mol. The Labute approximate surface area is 110 Å². The highest BCUT2D eigenvalue weighted by atomic mass is 32.2. The van der Waals surface area contributed by atoms with Crippen LogP contribution in [0.5, 0.6) is 0 Å². The topological polar surface area (TPSA) is 103 Å². The van der Waals surface area contributed by atoms with Crippen molar-refractivity contribution in [2.75, 3.05) is 13.2 Å². The highest BCUT2D eigenvalue weighted by molar-refractivity contribution is 8.12. The summed E-state index contributed by atoms with van der Waals surface area (Å²) in [6, 6.07) is 0. The fraction of sp³-hybridized carbons (Fsp3) is 0.727. The number of rotatable bonds is 6. The van der Waals surface area contributed by atoms with Gasteiger partial charge in [-0.1, -0.05) is 17.8 Å². The maximum absolute atomic E-state index is 9.71. The summed E-state index contributed by atoms with van der Waals surface area (Å²) < 4.78 is 5.28. The third-order valence-corrected chi connectivity index (χ3v) is 3.51. The Morgan fingerprint density at radius 1 is 1.22 bits per heavy atom. The van der Waals surface area contributed by atoms with Gasteiger partial charge in [-0.3, -0.25) is 4.99 Å². The van der Waals surface area contributed by atoms with Crippen LogP contribution in [0.2, 0.25) is 0 Å². The van der Waals surface area contributed by atoms with Gasteiger partial charge in [0, 0.05) is 6.54 Å². The predicted octanol–water partition coefficient (Wildman–Crippen LogP) is -0.876. The van der Waals surface area contributed by atoms with E-state index >= 15 is 0 Å². The van der Waals surface area contributed by atoms with E-state index in [1.807, 2.05) is 0 Å². The van der Waals surface area contributed by atoms with Gasteiger partial charge in [0.05, 0.1) is 12.2 Å². The first-order chi connectivity index (χ1) is 8.61. The first-order valence-electron chi connectivity index (χ1n) is 5.67. The number of aliphatic hydroxyl groups excluding tert-OH is 4. The van der Waals surface area contributed by atoms with Crippen LogP contribution in [0.1, 0.15) is 6.42 Å².